The van der Waals surface area contributed by atoms with Crippen LogP contribution in [0.4, 0.5) is 30.2 Å². The van der Waals surface area contributed by atoms with Gasteiger partial charge < -0.3 is 10.6 Å². The lowest BCUT2D eigenvalue weighted by atomic mass is 10.0. The minimum absolute atomic E-state index is 0.00468. The molecule has 5 nitrogen and oxygen atoms in total. The molecule has 0 aliphatic rings. The van der Waals surface area contributed by atoms with Crippen molar-refractivity contribution in [2.24, 2.45) is 0 Å². The largest absolute Gasteiger partial charge is 0.416 e. The third-order valence-corrected chi connectivity index (χ3v) is 4.21. The summed E-state index contributed by atoms with van der Waals surface area (Å²) in [4.78, 5) is 10.7. The highest BCUT2D eigenvalue weighted by atomic mass is 32.1. The van der Waals surface area contributed by atoms with Gasteiger partial charge in [0.25, 0.3) is 5.69 Å². The molecule has 148 valence electrons. The molecule has 0 atom stereocenters. The molecule has 3 aromatic carbocycles. The van der Waals surface area contributed by atoms with Gasteiger partial charge in [0.05, 0.1) is 16.1 Å². The Morgan fingerprint density at radius 3 is 2.21 bits per heavy atom. The summed E-state index contributed by atoms with van der Waals surface area (Å²) in [7, 11) is 0. The lowest BCUT2D eigenvalue weighted by Gasteiger charge is -2.13. The summed E-state index contributed by atoms with van der Waals surface area (Å²) in [6, 6.07) is 17.8. The number of benzene rings is 3. The molecule has 0 unspecified atom stereocenters. The Morgan fingerprint density at radius 1 is 0.897 bits per heavy atom. The molecule has 0 aliphatic carbocycles. The maximum absolute atomic E-state index is 12.8. The lowest BCUT2D eigenvalue weighted by Crippen LogP contribution is -2.19. The van der Waals surface area contributed by atoms with Crippen LogP contribution in [0.2, 0.25) is 0 Å². The Hall–Kier alpha value is -3.46. The average molecular weight is 417 g/mol. The van der Waals surface area contributed by atoms with E-state index in [1.165, 1.54) is 18.2 Å². The third kappa shape index (κ3) is 5.08. The van der Waals surface area contributed by atoms with Gasteiger partial charge >= 0.3 is 6.18 Å². The van der Waals surface area contributed by atoms with Gasteiger partial charge in [-0.3, -0.25) is 10.1 Å². The fourth-order valence-corrected chi connectivity index (χ4v) is 2.91. The summed E-state index contributed by atoms with van der Waals surface area (Å²) in [5.74, 6) is 0. The van der Waals surface area contributed by atoms with Crippen molar-refractivity contribution in [3.8, 4) is 11.1 Å². The summed E-state index contributed by atoms with van der Waals surface area (Å²) < 4.78 is 38.4. The summed E-state index contributed by atoms with van der Waals surface area (Å²) in [5.41, 5.74) is 1.13. The molecule has 3 rings (SSSR count). The van der Waals surface area contributed by atoms with Crippen LogP contribution in [0.1, 0.15) is 5.56 Å². The molecule has 0 heterocycles. The molecule has 0 spiro atoms. The number of nitro groups is 1. The van der Waals surface area contributed by atoms with E-state index >= 15 is 0 Å². The van der Waals surface area contributed by atoms with E-state index in [2.05, 4.69) is 10.6 Å². The molecule has 0 saturated carbocycles. The molecule has 29 heavy (non-hydrogen) atoms. The van der Waals surface area contributed by atoms with E-state index in [1.807, 2.05) is 0 Å². The van der Waals surface area contributed by atoms with Crippen molar-refractivity contribution in [2.75, 3.05) is 10.6 Å². The monoisotopic (exact) mass is 417 g/mol. The molecule has 0 aromatic heterocycles. The average Bonchev–Trinajstić information content (AvgIpc) is 2.68. The SMILES string of the molecule is O=[N+]([O-])c1ccccc1-c1ccc(NC(=S)Nc2cccc(C(F)(F)F)c2)cc1. The van der Waals surface area contributed by atoms with Crippen LogP contribution < -0.4 is 10.6 Å². The molecule has 0 amide bonds. The number of para-hydroxylation sites is 1. The number of nitrogens with one attached hydrogen (secondary N) is 2. The van der Waals surface area contributed by atoms with E-state index < -0.39 is 16.7 Å². The molecule has 0 radical (unpaired) electrons. The number of hydrogen-bond donors (Lipinski definition) is 2. The van der Waals surface area contributed by atoms with Crippen LogP contribution in [0.3, 0.4) is 0 Å². The van der Waals surface area contributed by atoms with Crippen LogP contribution >= 0.6 is 12.2 Å². The first-order chi connectivity index (χ1) is 13.7. The number of nitro benzene ring substituents is 1. The summed E-state index contributed by atoms with van der Waals surface area (Å²) in [5, 5.41) is 16.9. The topological polar surface area (TPSA) is 67.2 Å². The second-order valence-corrected chi connectivity index (χ2v) is 6.42. The number of nitrogens with zero attached hydrogens (tertiary/aromatic N) is 1. The van der Waals surface area contributed by atoms with Crippen molar-refractivity contribution in [2.45, 2.75) is 6.18 Å². The number of rotatable bonds is 4. The van der Waals surface area contributed by atoms with E-state index in [-0.39, 0.29) is 16.5 Å². The zero-order chi connectivity index (χ0) is 21.0. The normalized spacial score (nSPS) is 11.0. The van der Waals surface area contributed by atoms with Gasteiger partial charge in [-0.25, -0.2) is 0 Å². The van der Waals surface area contributed by atoms with Gasteiger partial charge in [-0.05, 0) is 54.2 Å². The Morgan fingerprint density at radius 2 is 1.55 bits per heavy atom. The molecular formula is C20H14F3N3O2S. The van der Waals surface area contributed by atoms with Gasteiger partial charge in [0, 0.05) is 17.4 Å². The van der Waals surface area contributed by atoms with Crippen molar-refractivity contribution in [3.63, 3.8) is 0 Å². The number of halogens is 3. The van der Waals surface area contributed by atoms with Crippen molar-refractivity contribution in [1.29, 1.82) is 0 Å². The lowest BCUT2D eigenvalue weighted by molar-refractivity contribution is -0.384. The van der Waals surface area contributed by atoms with Gasteiger partial charge in [-0.15, -0.1) is 0 Å². The molecule has 2 N–H and O–H groups in total. The summed E-state index contributed by atoms with van der Waals surface area (Å²) in [6.45, 7) is 0. The smallest absolute Gasteiger partial charge is 0.332 e. The van der Waals surface area contributed by atoms with E-state index in [4.69, 9.17) is 12.2 Å². The summed E-state index contributed by atoms with van der Waals surface area (Å²) in [6.07, 6.45) is -4.44. The minimum atomic E-state index is -4.44. The predicted molar refractivity (Wildman–Crippen MR) is 110 cm³/mol. The zero-order valence-corrected chi connectivity index (χ0v) is 15.6. The molecule has 3 aromatic rings. The first-order valence-electron chi connectivity index (χ1n) is 8.33. The first-order valence-corrected chi connectivity index (χ1v) is 8.74. The fourth-order valence-electron chi connectivity index (χ4n) is 2.68. The molecule has 9 heteroatoms. The molecule has 0 bridgehead atoms. The maximum atomic E-state index is 12.8. The van der Waals surface area contributed by atoms with Crippen LogP contribution in [0.5, 0.6) is 0 Å². The van der Waals surface area contributed by atoms with Gasteiger partial charge in [0.2, 0.25) is 0 Å². The Kier molecular flexibility index (Phi) is 5.79. The fraction of sp³-hybridized carbons (Fsp3) is 0.0500. The van der Waals surface area contributed by atoms with Crippen LogP contribution in [0, 0.1) is 10.1 Å². The van der Waals surface area contributed by atoms with Crippen LogP contribution in [-0.2, 0) is 6.18 Å². The standard InChI is InChI=1S/C20H14F3N3O2S/c21-20(22,23)14-4-3-5-16(12-14)25-19(29)24-15-10-8-13(9-11-15)17-6-1-2-7-18(17)26(27)28/h1-12H,(H2,24,25,29). The first kappa shape index (κ1) is 20.3. The Labute approximate surface area is 169 Å². The Bertz CT molecular complexity index is 1050. The van der Waals surface area contributed by atoms with Crippen LogP contribution in [-0.4, -0.2) is 10.0 Å². The zero-order valence-electron chi connectivity index (χ0n) is 14.7. The molecule has 0 saturated heterocycles. The van der Waals surface area contributed by atoms with Crippen molar-refractivity contribution in [3.05, 3.63) is 88.5 Å². The van der Waals surface area contributed by atoms with Crippen molar-refractivity contribution < 1.29 is 18.1 Å². The summed E-state index contributed by atoms with van der Waals surface area (Å²) >= 11 is 5.14. The predicted octanol–water partition coefficient (Wildman–Crippen LogP) is 6.09. The molecule has 0 fully saturated rings. The Balaban J connectivity index is 1.71. The van der Waals surface area contributed by atoms with Gasteiger partial charge in [0.15, 0.2) is 5.11 Å². The van der Waals surface area contributed by atoms with Gasteiger partial charge in [-0.1, -0.05) is 30.3 Å². The number of alkyl halides is 3. The van der Waals surface area contributed by atoms with Crippen LogP contribution in [0.15, 0.2) is 72.8 Å². The van der Waals surface area contributed by atoms with Crippen LogP contribution in [0.25, 0.3) is 11.1 Å². The second kappa shape index (κ2) is 8.27. The van der Waals surface area contributed by atoms with Gasteiger partial charge in [-0.2, -0.15) is 13.2 Å². The number of thiocarbonyl (C=S) groups is 1. The number of hydrogen-bond acceptors (Lipinski definition) is 3. The van der Waals surface area contributed by atoms with Crippen molar-refractivity contribution in [1.82, 2.24) is 0 Å². The highest BCUT2D eigenvalue weighted by Gasteiger charge is 2.30. The molecular weight excluding hydrogens is 403 g/mol. The highest BCUT2D eigenvalue weighted by molar-refractivity contribution is 7.80. The van der Waals surface area contributed by atoms with Crippen molar-refractivity contribution >= 4 is 34.4 Å². The maximum Gasteiger partial charge on any atom is 0.416 e. The van der Waals surface area contributed by atoms with E-state index in [9.17, 15) is 23.3 Å². The quantitative estimate of drug-likeness (QED) is 0.305. The second-order valence-electron chi connectivity index (χ2n) is 6.01. The van der Waals surface area contributed by atoms with Gasteiger partial charge in [0.1, 0.15) is 0 Å². The molecule has 0 aliphatic heterocycles. The minimum Gasteiger partial charge on any atom is -0.332 e. The highest BCUT2D eigenvalue weighted by Crippen LogP contribution is 2.31. The number of anilines is 2. The van der Waals surface area contributed by atoms with E-state index in [1.54, 1.807) is 42.5 Å². The van der Waals surface area contributed by atoms with E-state index in [0.717, 1.165) is 12.1 Å². The third-order valence-electron chi connectivity index (χ3n) is 4.00. The van der Waals surface area contributed by atoms with E-state index in [0.29, 0.717) is 16.8 Å².